The molecule has 0 unspecified atom stereocenters. The van der Waals surface area contributed by atoms with Crippen molar-refractivity contribution in [2.24, 2.45) is 23.7 Å². The van der Waals surface area contributed by atoms with Crippen molar-refractivity contribution in [3.05, 3.63) is 24.0 Å². The first kappa shape index (κ1) is 36.8. The first-order valence-corrected chi connectivity index (χ1v) is 17.4. The van der Waals surface area contributed by atoms with Gasteiger partial charge in [0.05, 0.1) is 25.6 Å². The van der Waals surface area contributed by atoms with Gasteiger partial charge in [0, 0.05) is 36.8 Å². The normalized spacial score (nSPS) is 33.1. The molecular formula is C35H53NO12. The second kappa shape index (κ2) is 15.6. The summed E-state index contributed by atoms with van der Waals surface area (Å²) in [5.41, 5.74) is -3.49. The van der Waals surface area contributed by atoms with Gasteiger partial charge in [-0.2, -0.15) is 0 Å². The van der Waals surface area contributed by atoms with Crippen molar-refractivity contribution in [3.8, 4) is 11.5 Å². The van der Waals surface area contributed by atoms with Crippen LogP contribution in [0.2, 0.25) is 0 Å². The summed E-state index contributed by atoms with van der Waals surface area (Å²) in [6.45, 7) is 6.68. The number of nitrogens with one attached hydrogen (secondary N) is 1. The summed E-state index contributed by atoms with van der Waals surface area (Å²) in [5, 5.41) is 71.6. The van der Waals surface area contributed by atoms with E-state index in [-0.39, 0.29) is 44.0 Å². The number of fused-ring (bicyclic) bond motifs is 5. The highest BCUT2D eigenvalue weighted by molar-refractivity contribution is 5.87. The molecule has 2 aromatic rings. The molecule has 3 aliphatic rings. The quantitative estimate of drug-likeness (QED) is 0.0999. The van der Waals surface area contributed by atoms with Gasteiger partial charge >= 0.3 is 5.97 Å². The topological polar surface area (TPSA) is 201 Å². The van der Waals surface area contributed by atoms with Crippen LogP contribution in [-0.2, 0) is 20.7 Å². The highest BCUT2D eigenvalue weighted by Crippen LogP contribution is 2.58. The summed E-state index contributed by atoms with van der Waals surface area (Å²) in [6.07, 6.45) is -1.35. The number of rotatable bonds is 16. The molecule has 0 amide bonds. The summed E-state index contributed by atoms with van der Waals surface area (Å²) in [6, 6.07) is 3.53. The number of carbonyl (C=O) groups excluding carboxylic acids is 1. The highest BCUT2D eigenvalue weighted by atomic mass is 16.7. The fourth-order valence-corrected chi connectivity index (χ4v) is 8.09. The van der Waals surface area contributed by atoms with Crippen LogP contribution in [0.4, 0.5) is 0 Å². The van der Waals surface area contributed by atoms with Crippen LogP contribution in [0.1, 0.15) is 64.9 Å². The zero-order valence-electron chi connectivity index (χ0n) is 28.2. The number of hydrogen-bond acceptors (Lipinski definition) is 13. The lowest BCUT2D eigenvalue weighted by Gasteiger charge is -2.64. The second-order valence-electron chi connectivity index (χ2n) is 14.0. The molecule has 2 saturated carbocycles. The SMILES string of the molecule is CCOC(=O)CCc1cc2ccoc2c(OCCNCCCC(C)C)c1O[C@@H]1O[C@H](CO)[C@]2(O)C[C@@H]3CC[C@@H](O)[C@H](CO)[C@H]3[C@@]1(O)[C@H]2O. The second-order valence-corrected chi connectivity index (χ2v) is 14.0. The number of carbonyl (C=O) groups is 1. The molecule has 0 radical (unpaired) electrons. The van der Waals surface area contributed by atoms with E-state index in [1.807, 2.05) is 0 Å². The molecule has 1 aromatic carbocycles. The minimum Gasteiger partial charge on any atom is -0.485 e. The smallest absolute Gasteiger partial charge is 0.306 e. The maximum absolute atomic E-state index is 12.6. The highest BCUT2D eigenvalue weighted by Gasteiger charge is 2.73. The van der Waals surface area contributed by atoms with E-state index < -0.39 is 72.7 Å². The molecule has 2 heterocycles. The van der Waals surface area contributed by atoms with E-state index in [0.29, 0.717) is 41.8 Å². The Kier molecular flexibility index (Phi) is 11.9. The summed E-state index contributed by atoms with van der Waals surface area (Å²) >= 11 is 0. The molecular weight excluding hydrogens is 626 g/mol. The zero-order valence-corrected chi connectivity index (χ0v) is 28.2. The number of ether oxygens (including phenoxy) is 4. The van der Waals surface area contributed by atoms with E-state index in [1.54, 1.807) is 19.1 Å². The fourth-order valence-electron chi connectivity index (χ4n) is 8.09. The molecule has 5 rings (SSSR count). The molecule has 1 saturated heterocycles. The molecule has 0 spiro atoms. The van der Waals surface area contributed by atoms with Crippen LogP contribution in [0.25, 0.3) is 11.0 Å². The van der Waals surface area contributed by atoms with Crippen molar-refractivity contribution in [3.63, 3.8) is 0 Å². The third-order valence-corrected chi connectivity index (χ3v) is 10.4. The van der Waals surface area contributed by atoms with Crippen molar-refractivity contribution in [1.29, 1.82) is 0 Å². The summed E-state index contributed by atoms with van der Waals surface area (Å²) in [7, 11) is 0. The van der Waals surface area contributed by atoms with Crippen molar-refractivity contribution >= 4 is 16.9 Å². The first-order valence-electron chi connectivity index (χ1n) is 17.4. The van der Waals surface area contributed by atoms with E-state index in [2.05, 4.69) is 19.2 Å². The monoisotopic (exact) mass is 679 g/mol. The number of hydrogen-bond donors (Lipinski definition) is 7. The average molecular weight is 680 g/mol. The molecule has 7 N–H and O–H groups in total. The van der Waals surface area contributed by atoms with Crippen LogP contribution in [0, 0.1) is 23.7 Å². The molecule has 1 aromatic heterocycles. The molecule has 270 valence electrons. The molecule has 48 heavy (non-hydrogen) atoms. The molecule has 3 fully saturated rings. The predicted octanol–water partition coefficient (Wildman–Crippen LogP) is 1.65. The van der Waals surface area contributed by atoms with Gasteiger partial charge in [-0.25, -0.2) is 0 Å². The Labute approximate surface area is 281 Å². The Morgan fingerprint density at radius 2 is 1.92 bits per heavy atom. The maximum atomic E-state index is 12.6. The van der Waals surface area contributed by atoms with Crippen LogP contribution >= 0.6 is 0 Å². The fraction of sp³-hybridized carbons (Fsp3) is 0.743. The summed E-state index contributed by atoms with van der Waals surface area (Å²) < 4.78 is 30.0. The molecule has 2 aliphatic carbocycles. The number of benzene rings is 1. The zero-order chi connectivity index (χ0) is 34.6. The van der Waals surface area contributed by atoms with Gasteiger partial charge < -0.3 is 59.3 Å². The third-order valence-electron chi connectivity index (χ3n) is 10.4. The third kappa shape index (κ3) is 7.06. The first-order chi connectivity index (χ1) is 23.0. The van der Waals surface area contributed by atoms with Crippen molar-refractivity contribution < 1.29 is 58.8 Å². The molecule has 1 aliphatic heterocycles. The number of aliphatic hydroxyl groups excluding tert-OH is 4. The Morgan fingerprint density at radius 1 is 1.12 bits per heavy atom. The Hall–Kier alpha value is -2.49. The van der Waals surface area contributed by atoms with Gasteiger partial charge in [0.15, 0.2) is 16.9 Å². The van der Waals surface area contributed by atoms with E-state index in [4.69, 9.17) is 23.4 Å². The number of furan rings is 1. The summed E-state index contributed by atoms with van der Waals surface area (Å²) in [4.78, 5) is 12.4. The lowest BCUT2D eigenvalue weighted by Crippen LogP contribution is -2.81. The van der Waals surface area contributed by atoms with Gasteiger partial charge in [0.25, 0.3) is 0 Å². The van der Waals surface area contributed by atoms with E-state index in [0.717, 1.165) is 19.4 Å². The van der Waals surface area contributed by atoms with Gasteiger partial charge in [-0.3, -0.25) is 4.79 Å². The van der Waals surface area contributed by atoms with Gasteiger partial charge in [-0.05, 0) is 81.5 Å². The minimum absolute atomic E-state index is 0.00527. The predicted molar refractivity (Wildman–Crippen MR) is 173 cm³/mol. The number of esters is 1. The molecule has 13 nitrogen and oxygen atoms in total. The van der Waals surface area contributed by atoms with Crippen LogP contribution in [0.3, 0.4) is 0 Å². The maximum Gasteiger partial charge on any atom is 0.306 e. The lowest BCUT2D eigenvalue weighted by molar-refractivity contribution is -0.397. The minimum atomic E-state index is -2.33. The number of aliphatic hydroxyl groups is 6. The van der Waals surface area contributed by atoms with Crippen molar-refractivity contribution in [1.82, 2.24) is 5.32 Å². The average Bonchev–Trinajstić information content (AvgIpc) is 3.52. The van der Waals surface area contributed by atoms with Crippen molar-refractivity contribution in [2.45, 2.75) is 102 Å². The van der Waals surface area contributed by atoms with Crippen LogP contribution in [0.5, 0.6) is 11.5 Å². The van der Waals surface area contributed by atoms with Crippen LogP contribution in [-0.4, -0.2) is 112 Å². The molecule has 13 heteroatoms. The van der Waals surface area contributed by atoms with Crippen molar-refractivity contribution in [2.75, 3.05) is 39.5 Å². The Morgan fingerprint density at radius 3 is 2.62 bits per heavy atom. The van der Waals surface area contributed by atoms with Gasteiger partial charge in [-0.1, -0.05) is 13.8 Å². The van der Waals surface area contributed by atoms with E-state index >= 15 is 0 Å². The Balaban J connectivity index is 1.53. The van der Waals surface area contributed by atoms with E-state index in [1.165, 1.54) is 6.26 Å². The largest absolute Gasteiger partial charge is 0.485 e. The standard InChI is InChI=1S/C35H53NO12/c1-4-44-27(40)10-8-21-16-22-11-14-45-29(22)31(46-15-13-36-12-5-6-20(2)3)30(21)48-33-35(43)28-23(7-9-25(39)24(28)18-37)17-34(42,32(35)41)26(19-38)47-33/h11,14,16,20,23-26,28,32-33,36-39,41-43H,4-10,12-13,15,17-19H2,1-3H3/t23-,24-,25+,26+,28-,32-,33-,34+,35+/m0/s1. The summed E-state index contributed by atoms with van der Waals surface area (Å²) in [5.74, 6) is -1.74. The Bertz CT molecular complexity index is 1370. The molecule has 9 atom stereocenters. The molecule has 2 bridgehead atoms. The lowest BCUT2D eigenvalue weighted by atomic mass is 9.51. The van der Waals surface area contributed by atoms with E-state index in [9.17, 15) is 35.4 Å². The number of aryl methyl sites for hydroxylation is 1. The van der Waals surface area contributed by atoms with Gasteiger partial charge in [0.1, 0.15) is 24.4 Å². The van der Waals surface area contributed by atoms with Gasteiger partial charge in [-0.15, -0.1) is 0 Å². The van der Waals surface area contributed by atoms with Crippen LogP contribution in [0.15, 0.2) is 22.8 Å². The van der Waals surface area contributed by atoms with Crippen LogP contribution < -0.4 is 14.8 Å². The van der Waals surface area contributed by atoms with Gasteiger partial charge in [0.2, 0.25) is 12.0 Å².